The summed E-state index contributed by atoms with van der Waals surface area (Å²) in [4.78, 5) is 15.7. The Balaban J connectivity index is 1.58. The molecule has 0 bridgehead atoms. The van der Waals surface area contributed by atoms with Crippen molar-refractivity contribution in [3.63, 3.8) is 0 Å². The molecule has 0 spiro atoms. The first-order valence-electron chi connectivity index (χ1n) is 7.72. The van der Waals surface area contributed by atoms with Gasteiger partial charge in [-0.1, -0.05) is 41.1 Å². The Hall–Kier alpha value is -2.05. The number of thioether (sulfide) groups is 1. The maximum Gasteiger partial charge on any atom is 0.277 e. The van der Waals surface area contributed by atoms with E-state index < -0.39 is 0 Å². The van der Waals surface area contributed by atoms with E-state index in [-0.39, 0.29) is 11.3 Å². The Bertz CT molecular complexity index is 840. The van der Waals surface area contributed by atoms with E-state index in [1.807, 2.05) is 22.4 Å². The number of carbonyl (C=O) groups excluding carboxylic acids is 1. The molecule has 1 aliphatic rings. The Morgan fingerprint density at radius 2 is 2.12 bits per heavy atom. The molecule has 3 aromatic rings. The molecule has 24 heavy (non-hydrogen) atoms. The largest absolute Gasteiger partial charge is 0.355 e. The predicted octanol–water partition coefficient (Wildman–Crippen LogP) is 4.60. The van der Waals surface area contributed by atoms with Gasteiger partial charge >= 0.3 is 0 Å². The second-order valence-electron chi connectivity index (χ2n) is 5.69. The summed E-state index contributed by atoms with van der Waals surface area (Å²) in [6.07, 6.45) is 0. The van der Waals surface area contributed by atoms with Crippen molar-refractivity contribution in [3.05, 3.63) is 64.7 Å². The third-order valence-corrected chi connectivity index (χ3v) is 6.15. The highest BCUT2D eigenvalue weighted by Crippen LogP contribution is 2.39. The molecular weight excluding hydrogens is 340 g/mol. The van der Waals surface area contributed by atoms with Gasteiger partial charge in [0.2, 0.25) is 0 Å². The van der Waals surface area contributed by atoms with E-state index in [2.05, 4.69) is 36.3 Å². The van der Waals surface area contributed by atoms with Crippen LogP contribution in [0.5, 0.6) is 0 Å². The number of hydrogen-bond donors (Lipinski definition) is 0. The summed E-state index contributed by atoms with van der Waals surface area (Å²) in [6, 6.07) is 14.0. The molecule has 4 rings (SSSR count). The molecule has 1 unspecified atom stereocenters. The zero-order valence-corrected chi connectivity index (χ0v) is 14.8. The summed E-state index contributed by atoms with van der Waals surface area (Å²) in [7, 11) is 0. The number of hydrogen-bond acceptors (Lipinski definition) is 5. The molecule has 1 aliphatic heterocycles. The van der Waals surface area contributed by atoms with Crippen molar-refractivity contribution in [2.45, 2.75) is 12.3 Å². The van der Waals surface area contributed by atoms with Crippen LogP contribution in [0.25, 0.3) is 10.6 Å². The lowest BCUT2D eigenvalue weighted by Gasteiger charge is -2.23. The average molecular weight is 356 g/mol. The lowest BCUT2D eigenvalue weighted by molar-refractivity contribution is 0.0750. The fraction of sp³-hybridized carbons (Fsp3) is 0.222. The molecule has 3 heterocycles. The van der Waals surface area contributed by atoms with Crippen LogP contribution in [0.1, 0.15) is 27.0 Å². The lowest BCUT2D eigenvalue weighted by atomic mass is 10.1. The van der Waals surface area contributed by atoms with Gasteiger partial charge in [0.25, 0.3) is 5.91 Å². The minimum Gasteiger partial charge on any atom is -0.355 e. The number of thiophene rings is 1. The van der Waals surface area contributed by atoms with Crippen molar-refractivity contribution in [1.29, 1.82) is 0 Å². The number of carbonyl (C=O) groups is 1. The van der Waals surface area contributed by atoms with Gasteiger partial charge in [-0.3, -0.25) is 4.79 Å². The standard InChI is InChI=1S/C18H16N2O2S2/c1-12-4-6-13(7-5-12)18-20(8-10-24-18)17(21)14-11-15(22-19-14)16-3-2-9-23-16/h2-7,9,11,18H,8,10H2,1H3. The summed E-state index contributed by atoms with van der Waals surface area (Å²) in [6.45, 7) is 2.79. The van der Waals surface area contributed by atoms with E-state index in [9.17, 15) is 4.79 Å². The molecule has 2 aromatic heterocycles. The molecule has 122 valence electrons. The van der Waals surface area contributed by atoms with Gasteiger partial charge in [-0.2, -0.15) is 0 Å². The van der Waals surface area contributed by atoms with Crippen LogP contribution in [0, 0.1) is 6.92 Å². The molecule has 1 amide bonds. The van der Waals surface area contributed by atoms with Crippen molar-refractivity contribution < 1.29 is 9.32 Å². The number of nitrogens with zero attached hydrogens (tertiary/aromatic N) is 2. The van der Waals surface area contributed by atoms with Crippen LogP contribution in [-0.2, 0) is 0 Å². The number of amides is 1. The maximum absolute atomic E-state index is 12.9. The van der Waals surface area contributed by atoms with E-state index in [1.165, 1.54) is 5.56 Å². The third kappa shape index (κ3) is 2.87. The van der Waals surface area contributed by atoms with Crippen LogP contribution in [-0.4, -0.2) is 28.3 Å². The average Bonchev–Trinajstić information content (AvgIpc) is 3.34. The van der Waals surface area contributed by atoms with Crippen LogP contribution >= 0.6 is 23.1 Å². The highest BCUT2D eigenvalue weighted by molar-refractivity contribution is 7.99. The van der Waals surface area contributed by atoms with Gasteiger partial charge in [0.05, 0.1) is 4.88 Å². The van der Waals surface area contributed by atoms with Crippen molar-refractivity contribution in [2.24, 2.45) is 0 Å². The van der Waals surface area contributed by atoms with Crippen molar-refractivity contribution in [3.8, 4) is 10.6 Å². The van der Waals surface area contributed by atoms with Crippen molar-refractivity contribution in [2.75, 3.05) is 12.3 Å². The Morgan fingerprint density at radius 3 is 2.88 bits per heavy atom. The normalized spacial score (nSPS) is 17.4. The summed E-state index contributed by atoms with van der Waals surface area (Å²) in [5, 5.41) is 6.01. The van der Waals surface area contributed by atoms with Crippen LogP contribution < -0.4 is 0 Å². The van der Waals surface area contributed by atoms with E-state index in [0.29, 0.717) is 11.5 Å². The predicted molar refractivity (Wildman–Crippen MR) is 97.2 cm³/mol. The maximum atomic E-state index is 12.9. The van der Waals surface area contributed by atoms with E-state index in [0.717, 1.165) is 22.7 Å². The molecule has 0 aliphatic carbocycles. The zero-order chi connectivity index (χ0) is 16.5. The lowest BCUT2D eigenvalue weighted by Crippen LogP contribution is -2.30. The third-order valence-electron chi connectivity index (χ3n) is 4.01. The van der Waals surface area contributed by atoms with Gasteiger partial charge in [0, 0.05) is 18.4 Å². The molecule has 1 atom stereocenters. The van der Waals surface area contributed by atoms with Gasteiger partial charge in [0.15, 0.2) is 11.5 Å². The molecule has 1 saturated heterocycles. The van der Waals surface area contributed by atoms with Crippen LogP contribution in [0.2, 0.25) is 0 Å². The number of aryl methyl sites for hydroxylation is 1. The van der Waals surface area contributed by atoms with E-state index in [1.54, 1.807) is 29.2 Å². The Labute approximate surface area is 148 Å². The Kier molecular flexibility index (Phi) is 4.16. The highest BCUT2D eigenvalue weighted by atomic mass is 32.2. The van der Waals surface area contributed by atoms with Gasteiger partial charge in [0.1, 0.15) is 5.37 Å². The molecule has 1 fully saturated rings. The molecule has 6 heteroatoms. The van der Waals surface area contributed by atoms with E-state index in [4.69, 9.17) is 4.52 Å². The summed E-state index contributed by atoms with van der Waals surface area (Å²) in [5.41, 5.74) is 2.74. The zero-order valence-electron chi connectivity index (χ0n) is 13.1. The number of benzene rings is 1. The van der Waals surface area contributed by atoms with Gasteiger partial charge in [-0.05, 0) is 23.9 Å². The fourth-order valence-electron chi connectivity index (χ4n) is 2.74. The van der Waals surface area contributed by atoms with Gasteiger partial charge in [-0.25, -0.2) is 0 Å². The smallest absolute Gasteiger partial charge is 0.277 e. The van der Waals surface area contributed by atoms with E-state index >= 15 is 0 Å². The number of aromatic nitrogens is 1. The minimum atomic E-state index is -0.0721. The minimum absolute atomic E-state index is 0.0417. The first-order valence-corrected chi connectivity index (χ1v) is 9.65. The summed E-state index contributed by atoms with van der Waals surface area (Å²) < 4.78 is 5.35. The number of rotatable bonds is 3. The molecule has 0 saturated carbocycles. The first kappa shape index (κ1) is 15.5. The first-order chi connectivity index (χ1) is 11.7. The molecule has 1 aromatic carbocycles. The van der Waals surface area contributed by atoms with Crippen LogP contribution in [0.3, 0.4) is 0 Å². The molecular formula is C18H16N2O2S2. The highest BCUT2D eigenvalue weighted by Gasteiger charge is 2.32. The second-order valence-corrected chi connectivity index (χ2v) is 7.82. The van der Waals surface area contributed by atoms with Gasteiger partial charge in [-0.15, -0.1) is 23.1 Å². The van der Waals surface area contributed by atoms with Crippen molar-refractivity contribution >= 4 is 29.0 Å². The quantitative estimate of drug-likeness (QED) is 0.688. The molecule has 4 nitrogen and oxygen atoms in total. The molecule has 0 N–H and O–H groups in total. The van der Waals surface area contributed by atoms with Crippen LogP contribution in [0.4, 0.5) is 0 Å². The van der Waals surface area contributed by atoms with Crippen molar-refractivity contribution in [1.82, 2.24) is 10.1 Å². The molecule has 0 radical (unpaired) electrons. The van der Waals surface area contributed by atoms with Gasteiger partial charge < -0.3 is 9.42 Å². The van der Waals surface area contributed by atoms with Crippen LogP contribution in [0.15, 0.2) is 52.4 Å². The SMILES string of the molecule is Cc1ccc(C2SCCN2C(=O)c2cc(-c3cccs3)on2)cc1. The monoisotopic (exact) mass is 356 g/mol. The fourth-order valence-corrected chi connectivity index (χ4v) is 4.67. The second kappa shape index (κ2) is 6.45. The topological polar surface area (TPSA) is 46.3 Å². The summed E-state index contributed by atoms with van der Waals surface area (Å²) in [5.74, 6) is 1.50. The Morgan fingerprint density at radius 1 is 1.29 bits per heavy atom. The summed E-state index contributed by atoms with van der Waals surface area (Å²) >= 11 is 3.36.